The van der Waals surface area contributed by atoms with Crippen LogP contribution >= 0.6 is 0 Å². The number of halogens is 3. The molecule has 1 aromatic heterocycles. The molecule has 1 heterocycles. The summed E-state index contributed by atoms with van der Waals surface area (Å²) in [4.78, 5) is 18.8. The van der Waals surface area contributed by atoms with Crippen molar-refractivity contribution in [1.29, 1.82) is 0 Å². The maximum Gasteiger partial charge on any atom is 0.416 e. The van der Waals surface area contributed by atoms with Crippen molar-refractivity contribution in [1.82, 2.24) is 9.97 Å². The lowest BCUT2D eigenvalue weighted by molar-refractivity contribution is -0.137. The normalized spacial score (nSPS) is 11.8. The first-order chi connectivity index (χ1) is 12.2. The van der Waals surface area contributed by atoms with E-state index in [9.17, 15) is 18.0 Å². The molecule has 2 aromatic carbocycles. The summed E-state index contributed by atoms with van der Waals surface area (Å²) < 4.78 is 38.0. The summed E-state index contributed by atoms with van der Waals surface area (Å²) in [6, 6.07) is 7.86. The Morgan fingerprint density at radius 1 is 1.12 bits per heavy atom. The fourth-order valence-electron chi connectivity index (χ4n) is 2.29. The van der Waals surface area contributed by atoms with E-state index in [1.54, 1.807) is 0 Å². The van der Waals surface area contributed by atoms with Crippen LogP contribution in [-0.4, -0.2) is 26.2 Å². The average Bonchev–Trinajstić information content (AvgIpc) is 2.95. The van der Waals surface area contributed by atoms with Crippen LogP contribution in [0, 0.1) is 0 Å². The molecule has 3 aromatic rings. The van der Waals surface area contributed by atoms with E-state index in [0.29, 0.717) is 11.0 Å². The van der Waals surface area contributed by atoms with Crippen molar-refractivity contribution in [2.24, 2.45) is 0 Å². The number of anilines is 2. The molecule has 26 heavy (non-hydrogen) atoms. The van der Waals surface area contributed by atoms with Gasteiger partial charge < -0.3 is 20.5 Å². The Bertz CT molecular complexity index is 953. The topological polar surface area (TPSA) is 110 Å². The summed E-state index contributed by atoms with van der Waals surface area (Å²) >= 11 is 0. The first kappa shape index (κ1) is 17.7. The van der Waals surface area contributed by atoms with Crippen LogP contribution in [0.4, 0.5) is 29.6 Å². The highest BCUT2D eigenvalue weighted by Gasteiger charge is 2.30. The zero-order valence-corrected chi connectivity index (χ0v) is 13.0. The lowest BCUT2D eigenvalue weighted by Crippen LogP contribution is -2.20. The van der Waals surface area contributed by atoms with E-state index in [4.69, 9.17) is 10.2 Å². The molecule has 0 aliphatic rings. The van der Waals surface area contributed by atoms with Gasteiger partial charge in [0, 0.05) is 11.3 Å². The number of alkyl halides is 3. The van der Waals surface area contributed by atoms with E-state index < -0.39 is 24.1 Å². The number of hydrogen-bond acceptors (Lipinski definition) is 4. The van der Waals surface area contributed by atoms with Crippen LogP contribution in [0.1, 0.15) is 17.4 Å². The number of H-pyrrole nitrogens is 1. The smallest absolute Gasteiger partial charge is 0.364 e. The van der Waals surface area contributed by atoms with Gasteiger partial charge in [-0.05, 0) is 30.3 Å². The van der Waals surface area contributed by atoms with Crippen molar-refractivity contribution in [3.05, 3.63) is 53.6 Å². The molecule has 0 radical (unpaired) electrons. The highest BCUT2D eigenvalue weighted by molar-refractivity contribution is 5.99. The Labute approximate surface area is 144 Å². The standard InChI is InChI=1S/C16H13F3N4O3/c17-16(18,19)9-2-1-3-10(7-9)20-15(26)23-14-21-11-5-4-8(13(24)25)6-12(11)22-14/h1-7,13,24-25H,(H3,20,21,22,23,26). The summed E-state index contributed by atoms with van der Waals surface area (Å²) in [6.45, 7) is 0. The summed E-state index contributed by atoms with van der Waals surface area (Å²) in [5.74, 6) is 0.0501. The van der Waals surface area contributed by atoms with Gasteiger partial charge in [0.1, 0.15) is 0 Å². The van der Waals surface area contributed by atoms with E-state index in [0.717, 1.165) is 12.1 Å². The van der Waals surface area contributed by atoms with Gasteiger partial charge >= 0.3 is 12.2 Å². The fourth-order valence-corrected chi connectivity index (χ4v) is 2.29. The number of nitrogens with zero attached hydrogens (tertiary/aromatic N) is 1. The van der Waals surface area contributed by atoms with Crippen LogP contribution < -0.4 is 10.6 Å². The molecule has 0 atom stereocenters. The molecule has 136 valence electrons. The molecule has 0 saturated carbocycles. The van der Waals surface area contributed by atoms with E-state index >= 15 is 0 Å². The molecule has 0 unspecified atom stereocenters. The third-order valence-electron chi connectivity index (χ3n) is 3.48. The largest absolute Gasteiger partial charge is 0.416 e. The fraction of sp³-hybridized carbons (Fsp3) is 0.125. The minimum Gasteiger partial charge on any atom is -0.364 e. The molecule has 0 aliphatic heterocycles. The van der Waals surface area contributed by atoms with Crippen LogP contribution in [0.5, 0.6) is 0 Å². The zero-order chi connectivity index (χ0) is 18.9. The Balaban J connectivity index is 1.73. The number of carbonyl (C=O) groups is 1. The number of aromatic amines is 1. The number of hydrogen-bond donors (Lipinski definition) is 5. The number of amides is 2. The quantitative estimate of drug-likeness (QED) is 0.459. The second-order valence-corrected chi connectivity index (χ2v) is 5.39. The first-order valence-electron chi connectivity index (χ1n) is 7.33. The third-order valence-corrected chi connectivity index (χ3v) is 3.48. The van der Waals surface area contributed by atoms with E-state index in [1.165, 1.54) is 30.3 Å². The van der Waals surface area contributed by atoms with Crippen molar-refractivity contribution < 1.29 is 28.2 Å². The summed E-state index contributed by atoms with van der Waals surface area (Å²) in [5, 5.41) is 22.9. The number of aliphatic hydroxyl groups excluding tert-OH is 1. The van der Waals surface area contributed by atoms with Crippen molar-refractivity contribution in [2.45, 2.75) is 12.5 Å². The number of aromatic nitrogens is 2. The van der Waals surface area contributed by atoms with Crippen molar-refractivity contribution in [2.75, 3.05) is 10.6 Å². The van der Waals surface area contributed by atoms with Crippen LogP contribution in [0.2, 0.25) is 0 Å². The van der Waals surface area contributed by atoms with Crippen LogP contribution in [0.15, 0.2) is 42.5 Å². The van der Waals surface area contributed by atoms with Crippen LogP contribution in [0.25, 0.3) is 11.0 Å². The van der Waals surface area contributed by atoms with E-state index in [2.05, 4.69) is 20.6 Å². The molecular formula is C16H13F3N4O3. The predicted octanol–water partition coefficient (Wildman–Crippen LogP) is 3.21. The minimum absolute atomic E-state index is 0.0286. The van der Waals surface area contributed by atoms with Gasteiger partial charge in [0.15, 0.2) is 6.29 Å². The number of imidazole rings is 1. The van der Waals surface area contributed by atoms with Crippen molar-refractivity contribution in [3.8, 4) is 0 Å². The lowest BCUT2D eigenvalue weighted by Gasteiger charge is -2.09. The van der Waals surface area contributed by atoms with Gasteiger partial charge in [0.2, 0.25) is 5.95 Å². The molecule has 2 amide bonds. The molecule has 10 heteroatoms. The van der Waals surface area contributed by atoms with Crippen LogP contribution in [-0.2, 0) is 6.18 Å². The van der Waals surface area contributed by atoms with Gasteiger partial charge in [0.05, 0.1) is 16.6 Å². The number of rotatable bonds is 3. The van der Waals surface area contributed by atoms with Gasteiger partial charge in [-0.25, -0.2) is 9.78 Å². The molecule has 0 fully saturated rings. The second kappa shape index (κ2) is 6.65. The monoisotopic (exact) mass is 366 g/mol. The number of urea groups is 1. The molecule has 5 N–H and O–H groups in total. The number of aliphatic hydroxyl groups is 2. The maximum absolute atomic E-state index is 12.7. The van der Waals surface area contributed by atoms with Gasteiger partial charge in [-0.3, -0.25) is 5.32 Å². The van der Waals surface area contributed by atoms with Gasteiger partial charge in [-0.1, -0.05) is 12.1 Å². The molecule has 0 aliphatic carbocycles. The van der Waals surface area contributed by atoms with E-state index in [1.807, 2.05) is 0 Å². The number of carbonyl (C=O) groups excluding carboxylic acids is 1. The number of nitrogens with one attached hydrogen (secondary N) is 3. The maximum atomic E-state index is 12.7. The lowest BCUT2D eigenvalue weighted by atomic mass is 10.2. The second-order valence-electron chi connectivity index (χ2n) is 5.39. The average molecular weight is 366 g/mol. The van der Waals surface area contributed by atoms with Gasteiger partial charge in [-0.2, -0.15) is 13.2 Å². The number of benzene rings is 2. The number of fused-ring (bicyclic) bond motifs is 1. The molecule has 0 saturated heterocycles. The molecule has 0 spiro atoms. The highest BCUT2D eigenvalue weighted by Crippen LogP contribution is 2.30. The molecule has 0 bridgehead atoms. The third kappa shape index (κ3) is 3.92. The summed E-state index contributed by atoms with van der Waals surface area (Å²) in [5.41, 5.74) is 0.239. The van der Waals surface area contributed by atoms with Gasteiger partial charge in [0.25, 0.3) is 0 Å². The molecule has 7 nitrogen and oxygen atoms in total. The van der Waals surface area contributed by atoms with Gasteiger partial charge in [-0.15, -0.1) is 0 Å². The molecular weight excluding hydrogens is 353 g/mol. The highest BCUT2D eigenvalue weighted by atomic mass is 19.4. The van der Waals surface area contributed by atoms with E-state index in [-0.39, 0.29) is 17.2 Å². The molecule has 3 rings (SSSR count). The Kier molecular flexibility index (Phi) is 4.53. The zero-order valence-electron chi connectivity index (χ0n) is 13.0. The SMILES string of the molecule is O=C(Nc1cccc(C(F)(F)F)c1)Nc1nc2ccc(C(O)O)cc2[nH]1. The minimum atomic E-state index is -4.51. The van der Waals surface area contributed by atoms with Crippen LogP contribution in [0.3, 0.4) is 0 Å². The summed E-state index contributed by atoms with van der Waals surface area (Å²) in [7, 11) is 0. The summed E-state index contributed by atoms with van der Waals surface area (Å²) in [6.07, 6.45) is -6.16. The Hall–Kier alpha value is -3.11. The predicted molar refractivity (Wildman–Crippen MR) is 87.4 cm³/mol. The van der Waals surface area contributed by atoms with Crippen molar-refractivity contribution in [3.63, 3.8) is 0 Å². The Morgan fingerprint density at radius 3 is 2.58 bits per heavy atom. The Morgan fingerprint density at radius 2 is 1.88 bits per heavy atom. The first-order valence-corrected chi connectivity index (χ1v) is 7.33. The van der Waals surface area contributed by atoms with Crippen molar-refractivity contribution >= 4 is 28.7 Å².